The van der Waals surface area contributed by atoms with Crippen molar-refractivity contribution in [3.05, 3.63) is 0 Å². The Bertz CT molecular complexity index is 249. The highest BCUT2D eigenvalue weighted by Crippen LogP contribution is 2.33. The van der Waals surface area contributed by atoms with Crippen LogP contribution in [0.25, 0.3) is 0 Å². The predicted molar refractivity (Wildman–Crippen MR) is 73.5 cm³/mol. The molecule has 2 aliphatic rings. The van der Waals surface area contributed by atoms with Gasteiger partial charge in [0.15, 0.2) is 0 Å². The van der Waals surface area contributed by atoms with Crippen molar-refractivity contribution in [3.63, 3.8) is 0 Å². The lowest BCUT2D eigenvalue weighted by atomic mass is 9.77. The van der Waals surface area contributed by atoms with Gasteiger partial charge < -0.3 is 15.5 Å². The van der Waals surface area contributed by atoms with Crippen LogP contribution in [0.15, 0.2) is 0 Å². The monoisotopic (exact) mass is 255 g/mol. The minimum atomic E-state index is -0.525. The molecule has 0 aromatic rings. The standard InChI is InChI=1S/C15H29NO2/c1-2-12-7-9-15(18,10-8-12)11-16-13-5-3-4-6-14(13)17/h12-14,16-18H,2-11H2,1H3/t12?,13-,14-,15?/m1/s1. The maximum absolute atomic E-state index is 10.6. The third-order valence-electron chi connectivity index (χ3n) is 5.04. The largest absolute Gasteiger partial charge is 0.392 e. The fourth-order valence-corrected chi connectivity index (χ4v) is 3.47. The van der Waals surface area contributed by atoms with Gasteiger partial charge in [-0.15, -0.1) is 0 Å². The van der Waals surface area contributed by atoms with E-state index in [-0.39, 0.29) is 12.1 Å². The zero-order chi connectivity index (χ0) is 13.0. The smallest absolute Gasteiger partial charge is 0.0771 e. The Morgan fingerprint density at radius 3 is 2.39 bits per heavy atom. The zero-order valence-corrected chi connectivity index (χ0v) is 11.7. The van der Waals surface area contributed by atoms with Gasteiger partial charge >= 0.3 is 0 Å². The number of aliphatic hydroxyl groups excluding tert-OH is 1. The summed E-state index contributed by atoms with van der Waals surface area (Å²) < 4.78 is 0. The normalized spacial score (nSPS) is 41.8. The molecule has 2 fully saturated rings. The maximum atomic E-state index is 10.6. The van der Waals surface area contributed by atoms with Crippen LogP contribution in [0.5, 0.6) is 0 Å². The first kappa shape index (κ1) is 14.3. The first-order valence-electron chi connectivity index (χ1n) is 7.77. The molecule has 0 aromatic heterocycles. The van der Waals surface area contributed by atoms with Gasteiger partial charge in [-0.2, -0.15) is 0 Å². The lowest BCUT2D eigenvalue weighted by Gasteiger charge is -2.38. The maximum Gasteiger partial charge on any atom is 0.0771 e. The van der Waals surface area contributed by atoms with E-state index in [4.69, 9.17) is 0 Å². The van der Waals surface area contributed by atoms with Gasteiger partial charge in [0.05, 0.1) is 11.7 Å². The molecule has 2 rings (SSSR count). The topological polar surface area (TPSA) is 52.5 Å². The number of hydrogen-bond acceptors (Lipinski definition) is 3. The van der Waals surface area contributed by atoms with Crippen molar-refractivity contribution < 1.29 is 10.2 Å². The van der Waals surface area contributed by atoms with Gasteiger partial charge in [0, 0.05) is 12.6 Å². The Morgan fingerprint density at radius 1 is 1.11 bits per heavy atom. The van der Waals surface area contributed by atoms with Crippen LogP contribution in [0.4, 0.5) is 0 Å². The highest BCUT2D eigenvalue weighted by molar-refractivity contribution is 4.90. The summed E-state index contributed by atoms with van der Waals surface area (Å²) in [4.78, 5) is 0. The van der Waals surface area contributed by atoms with Crippen molar-refractivity contribution in [2.75, 3.05) is 6.54 Å². The first-order valence-corrected chi connectivity index (χ1v) is 7.77. The Balaban J connectivity index is 1.75. The molecule has 0 bridgehead atoms. The molecule has 3 N–H and O–H groups in total. The highest BCUT2D eigenvalue weighted by atomic mass is 16.3. The van der Waals surface area contributed by atoms with Crippen LogP contribution in [0.3, 0.4) is 0 Å². The van der Waals surface area contributed by atoms with Crippen molar-refractivity contribution in [2.24, 2.45) is 5.92 Å². The summed E-state index contributed by atoms with van der Waals surface area (Å²) in [7, 11) is 0. The van der Waals surface area contributed by atoms with Crippen molar-refractivity contribution in [2.45, 2.75) is 82.5 Å². The van der Waals surface area contributed by atoms with Gasteiger partial charge in [0.1, 0.15) is 0 Å². The zero-order valence-electron chi connectivity index (χ0n) is 11.7. The molecule has 2 atom stereocenters. The third kappa shape index (κ3) is 3.69. The summed E-state index contributed by atoms with van der Waals surface area (Å²) in [6.07, 6.45) is 9.47. The molecule has 0 heterocycles. The molecule has 106 valence electrons. The van der Waals surface area contributed by atoms with Crippen LogP contribution in [-0.4, -0.2) is 34.5 Å². The summed E-state index contributed by atoms with van der Waals surface area (Å²) in [5.74, 6) is 0.811. The Kier molecular flexibility index (Phi) is 5.05. The van der Waals surface area contributed by atoms with Gasteiger partial charge in [0.25, 0.3) is 0 Å². The summed E-state index contributed by atoms with van der Waals surface area (Å²) >= 11 is 0. The molecule has 0 saturated heterocycles. The molecular weight excluding hydrogens is 226 g/mol. The highest BCUT2D eigenvalue weighted by Gasteiger charge is 2.34. The van der Waals surface area contributed by atoms with E-state index in [9.17, 15) is 10.2 Å². The van der Waals surface area contributed by atoms with E-state index in [1.54, 1.807) is 0 Å². The van der Waals surface area contributed by atoms with E-state index < -0.39 is 5.60 Å². The van der Waals surface area contributed by atoms with Crippen molar-refractivity contribution >= 4 is 0 Å². The van der Waals surface area contributed by atoms with Crippen LogP contribution in [0.1, 0.15) is 64.7 Å². The molecule has 3 nitrogen and oxygen atoms in total. The van der Waals surface area contributed by atoms with E-state index in [2.05, 4.69) is 12.2 Å². The van der Waals surface area contributed by atoms with Gasteiger partial charge in [-0.25, -0.2) is 0 Å². The summed E-state index contributed by atoms with van der Waals surface area (Å²) in [5.41, 5.74) is -0.525. The van der Waals surface area contributed by atoms with Gasteiger partial charge in [-0.05, 0) is 44.4 Å². The lowest BCUT2D eigenvalue weighted by molar-refractivity contribution is -0.0174. The van der Waals surface area contributed by atoms with Crippen molar-refractivity contribution in [1.29, 1.82) is 0 Å². The average Bonchev–Trinajstić information content (AvgIpc) is 2.39. The number of rotatable bonds is 4. The SMILES string of the molecule is CCC1CCC(O)(CN[C@@H]2CCCC[C@H]2O)CC1. The molecule has 0 spiro atoms. The minimum absolute atomic E-state index is 0.201. The molecule has 0 unspecified atom stereocenters. The average molecular weight is 255 g/mol. The van der Waals surface area contributed by atoms with E-state index in [0.29, 0.717) is 6.54 Å². The number of aliphatic hydroxyl groups is 2. The second-order valence-corrected chi connectivity index (χ2v) is 6.42. The molecule has 3 heteroatoms. The fraction of sp³-hybridized carbons (Fsp3) is 1.00. The minimum Gasteiger partial charge on any atom is -0.392 e. The van der Waals surface area contributed by atoms with Gasteiger partial charge in [-0.1, -0.05) is 26.2 Å². The summed E-state index contributed by atoms with van der Waals surface area (Å²) in [6, 6.07) is 0.201. The first-order chi connectivity index (χ1) is 8.63. The fourth-order valence-electron chi connectivity index (χ4n) is 3.47. The number of hydrogen-bond donors (Lipinski definition) is 3. The molecule has 2 saturated carbocycles. The molecule has 0 aromatic carbocycles. The second-order valence-electron chi connectivity index (χ2n) is 6.42. The van der Waals surface area contributed by atoms with Crippen LogP contribution >= 0.6 is 0 Å². The van der Waals surface area contributed by atoms with E-state index in [1.807, 2.05) is 0 Å². The second kappa shape index (κ2) is 6.36. The lowest BCUT2D eigenvalue weighted by Crippen LogP contribution is -2.50. The van der Waals surface area contributed by atoms with E-state index >= 15 is 0 Å². The van der Waals surface area contributed by atoms with Crippen molar-refractivity contribution in [1.82, 2.24) is 5.32 Å². The van der Waals surface area contributed by atoms with E-state index in [1.165, 1.54) is 12.8 Å². The van der Waals surface area contributed by atoms with E-state index in [0.717, 1.165) is 50.9 Å². The van der Waals surface area contributed by atoms with Crippen LogP contribution < -0.4 is 5.32 Å². The molecule has 18 heavy (non-hydrogen) atoms. The summed E-state index contributed by atoms with van der Waals surface area (Å²) in [6.45, 7) is 2.90. The third-order valence-corrected chi connectivity index (χ3v) is 5.04. The molecule has 2 aliphatic carbocycles. The Labute approximate surface area is 111 Å². The molecule has 0 aliphatic heterocycles. The molecular formula is C15H29NO2. The van der Waals surface area contributed by atoms with Crippen molar-refractivity contribution in [3.8, 4) is 0 Å². The number of nitrogens with one attached hydrogen (secondary N) is 1. The molecule has 0 amide bonds. The summed E-state index contributed by atoms with van der Waals surface area (Å²) in [5, 5.41) is 23.9. The van der Waals surface area contributed by atoms with Crippen LogP contribution in [-0.2, 0) is 0 Å². The van der Waals surface area contributed by atoms with Crippen LogP contribution in [0.2, 0.25) is 0 Å². The Morgan fingerprint density at radius 2 is 1.78 bits per heavy atom. The van der Waals surface area contributed by atoms with Gasteiger partial charge in [-0.3, -0.25) is 0 Å². The van der Waals surface area contributed by atoms with Crippen LogP contribution in [0, 0.1) is 5.92 Å². The predicted octanol–water partition coefficient (Wildman–Crippen LogP) is 2.21. The quantitative estimate of drug-likeness (QED) is 0.722. The van der Waals surface area contributed by atoms with Gasteiger partial charge in [0.2, 0.25) is 0 Å². The molecule has 0 radical (unpaired) electrons. The Hall–Kier alpha value is -0.120.